The molecule has 2 aromatic carbocycles. The maximum Gasteiger partial charge on any atom is 0.311 e. The molecule has 0 radical (unpaired) electrons. The summed E-state index contributed by atoms with van der Waals surface area (Å²) in [5.41, 5.74) is 0.918. The molecule has 0 spiro atoms. The summed E-state index contributed by atoms with van der Waals surface area (Å²) in [7, 11) is 1.40. The van der Waals surface area contributed by atoms with E-state index in [1.165, 1.54) is 25.3 Å². The van der Waals surface area contributed by atoms with Crippen LogP contribution in [-0.4, -0.2) is 24.6 Å². The normalized spacial score (nSPS) is 10.2. The maximum absolute atomic E-state index is 11.9. The van der Waals surface area contributed by atoms with Crippen molar-refractivity contribution in [2.24, 2.45) is 0 Å². The molecule has 0 amide bonds. The zero-order chi connectivity index (χ0) is 18.2. The van der Waals surface area contributed by atoms with E-state index in [0.29, 0.717) is 13.0 Å². The number of carbonyl (C=O) groups excluding carboxylic acids is 1. The van der Waals surface area contributed by atoms with Crippen LogP contribution in [0.2, 0.25) is 0 Å². The molecule has 2 aromatic rings. The van der Waals surface area contributed by atoms with Crippen molar-refractivity contribution in [2.75, 3.05) is 13.7 Å². The van der Waals surface area contributed by atoms with Gasteiger partial charge in [0.05, 0.1) is 24.7 Å². The zero-order valence-electron chi connectivity index (χ0n) is 14.1. The van der Waals surface area contributed by atoms with Crippen LogP contribution >= 0.6 is 0 Å². The Bertz CT molecular complexity index is 759. The molecule has 0 aliphatic heterocycles. The van der Waals surface area contributed by atoms with Gasteiger partial charge in [-0.05, 0) is 37.1 Å². The van der Waals surface area contributed by atoms with Gasteiger partial charge in [0.25, 0.3) is 5.69 Å². The van der Waals surface area contributed by atoms with Crippen LogP contribution in [0.15, 0.2) is 42.5 Å². The van der Waals surface area contributed by atoms with E-state index in [9.17, 15) is 14.9 Å². The van der Waals surface area contributed by atoms with E-state index in [1.807, 2.05) is 31.2 Å². The fourth-order valence-electron chi connectivity index (χ4n) is 2.14. The second kappa shape index (κ2) is 8.68. The predicted octanol–water partition coefficient (Wildman–Crippen LogP) is 3.68. The number of hydrogen-bond donors (Lipinski definition) is 0. The molecule has 0 bridgehead atoms. The van der Waals surface area contributed by atoms with Crippen molar-refractivity contribution >= 4 is 11.7 Å². The number of ether oxygens (including phenoxy) is 3. The lowest BCUT2D eigenvalue weighted by Crippen LogP contribution is -2.10. The minimum absolute atomic E-state index is 0.0290. The maximum atomic E-state index is 11.9. The Morgan fingerprint density at radius 1 is 1.16 bits per heavy atom. The van der Waals surface area contributed by atoms with E-state index in [0.717, 1.165) is 11.3 Å². The van der Waals surface area contributed by atoms with Crippen LogP contribution in [0.25, 0.3) is 0 Å². The van der Waals surface area contributed by atoms with E-state index in [1.54, 1.807) is 0 Å². The molecule has 0 aliphatic carbocycles. The molecule has 0 aliphatic rings. The standard InChI is InChI=1S/C18H19NO6/c1-13-5-3-6-15(11-13)24-10-4-7-18(20)25-17-12-14(19(21)22)8-9-16(17)23-2/h3,5-6,8-9,11-12H,4,7,10H2,1-2H3. The molecule has 7 heteroatoms. The van der Waals surface area contributed by atoms with Gasteiger partial charge in [0.15, 0.2) is 11.5 Å². The summed E-state index contributed by atoms with van der Waals surface area (Å²) >= 11 is 0. The molecule has 0 aromatic heterocycles. The molecule has 0 fully saturated rings. The molecule has 132 valence electrons. The topological polar surface area (TPSA) is 87.9 Å². The van der Waals surface area contributed by atoms with Crippen LogP contribution in [0.5, 0.6) is 17.2 Å². The Hall–Kier alpha value is -3.09. The molecule has 2 rings (SSSR count). The second-order valence-electron chi connectivity index (χ2n) is 5.33. The number of benzene rings is 2. The van der Waals surface area contributed by atoms with Crippen LogP contribution in [0.1, 0.15) is 18.4 Å². The van der Waals surface area contributed by atoms with Gasteiger partial charge in [-0.2, -0.15) is 0 Å². The number of carbonyl (C=O) groups is 1. The molecule has 25 heavy (non-hydrogen) atoms. The predicted molar refractivity (Wildman–Crippen MR) is 91.2 cm³/mol. The van der Waals surface area contributed by atoms with Gasteiger partial charge in [0.1, 0.15) is 5.75 Å². The van der Waals surface area contributed by atoms with Crippen molar-refractivity contribution in [1.82, 2.24) is 0 Å². The first-order valence-corrected chi connectivity index (χ1v) is 7.72. The lowest BCUT2D eigenvalue weighted by atomic mass is 10.2. The number of nitrogens with zero attached hydrogens (tertiary/aromatic N) is 1. The number of esters is 1. The lowest BCUT2D eigenvalue weighted by molar-refractivity contribution is -0.384. The molecule has 0 heterocycles. The van der Waals surface area contributed by atoms with Gasteiger partial charge < -0.3 is 14.2 Å². The van der Waals surface area contributed by atoms with Gasteiger partial charge in [-0.1, -0.05) is 12.1 Å². The number of methoxy groups -OCH3 is 1. The van der Waals surface area contributed by atoms with Crippen LogP contribution in [0, 0.1) is 17.0 Å². The summed E-state index contributed by atoms with van der Waals surface area (Å²) in [6, 6.07) is 11.5. The number of hydrogen-bond acceptors (Lipinski definition) is 6. The Morgan fingerprint density at radius 3 is 2.64 bits per heavy atom. The zero-order valence-corrected chi connectivity index (χ0v) is 14.1. The monoisotopic (exact) mass is 345 g/mol. The second-order valence-corrected chi connectivity index (χ2v) is 5.33. The van der Waals surface area contributed by atoms with Gasteiger partial charge >= 0.3 is 5.97 Å². The van der Waals surface area contributed by atoms with Gasteiger partial charge in [0, 0.05) is 12.5 Å². The molecular weight excluding hydrogens is 326 g/mol. The van der Waals surface area contributed by atoms with Crippen molar-refractivity contribution in [3.05, 3.63) is 58.1 Å². The van der Waals surface area contributed by atoms with Crippen molar-refractivity contribution in [2.45, 2.75) is 19.8 Å². The van der Waals surface area contributed by atoms with Crippen molar-refractivity contribution in [3.63, 3.8) is 0 Å². The molecule has 0 unspecified atom stereocenters. The minimum atomic E-state index is -0.563. The average Bonchev–Trinajstić information content (AvgIpc) is 2.58. The summed E-state index contributed by atoms with van der Waals surface area (Å²) in [6.07, 6.45) is 0.585. The van der Waals surface area contributed by atoms with Gasteiger partial charge in [-0.25, -0.2) is 0 Å². The molecule has 0 N–H and O–H groups in total. The summed E-state index contributed by atoms with van der Waals surface area (Å²) in [5.74, 6) is 0.525. The highest BCUT2D eigenvalue weighted by molar-refractivity contribution is 5.73. The number of nitro groups is 1. The molecule has 0 saturated heterocycles. The lowest BCUT2D eigenvalue weighted by Gasteiger charge is -2.09. The number of aryl methyl sites for hydroxylation is 1. The van der Waals surface area contributed by atoms with Crippen LogP contribution < -0.4 is 14.2 Å². The van der Waals surface area contributed by atoms with Crippen molar-refractivity contribution < 1.29 is 23.9 Å². The molecule has 0 saturated carbocycles. The van der Waals surface area contributed by atoms with Crippen LogP contribution in [0.3, 0.4) is 0 Å². The molecule has 0 atom stereocenters. The van der Waals surface area contributed by atoms with Crippen molar-refractivity contribution in [1.29, 1.82) is 0 Å². The fraction of sp³-hybridized carbons (Fsp3) is 0.278. The third-order valence-corrected chi connectivity index (χ3v) is 3.37. The molecular formula is C18H19NO6. The smallest absolute Gasteiger partial charge is 0.311 e. The van der Waals surface area contributed by atoms with Crippen LogP contribution in [-0.2, 0) is 4.79 Å². The van der Waals surface area contributed by atoms with Crippen LogP contribution in [0.4, 0.5) is 5.69 Å². The van der Waals surface area contributed by atoms with E-state index < -0.39 is 10.9 Å². The first-order chi connectivity index (χ1) is 12.0. The van der Waals surface area contributed by atoms with Gasteiger partial charge in [0.2, 0.25) is 0 Å². The summed E-state index contributed by atoms with van der Waals surface area (Å²) in [6.45, 7) is 2.33. The third kappa shape index (κ3) is 5.49. The highest BCUT2D eigenvalue weighted by atomic mass is 16.6. The fourth-order valence-corrected chi connectivity index (χ4v) is 2.14. The number of non-ortho nitro benzene ring substituents is 1. The van der Waals surface area contributed by atoms with Crippen molar-refractivity contribution in [3.8, 4) is 17.2 Å². The Labute approximate surface area is 145 Å². The van der Waals surface area contributed by atoms with E-state index in [-0.39, 0.29) is 23.6 Å². The quantitative estimate of drug-likeness (QED) is 0.238. The number of rotatable bonds is 8. The first-order valence-electron chi connectivity index (χ1n) is 7.72. The van der Waals surface area contributed by atoms with E-state index in [2.05, 4.69) is 0 Å². The highest BCUT2D eigenvalue weighted by Crippen LogP contribution is 2.31. The summed E-state index contributed by atoms with van der Waals surface area (Å²) in [5, 5.41) is 10.8. The first kappa shape index (κ1) is 18.3. The Balaban J connectivity index is 1.85. The minimum Gasteiger partial charge on any atom is -0.494 e. The van der Waals surface area contributed by atoms with Gasteiger partial charge in [-0.15, -0.1) is 0 Å². The SMILES string of the molecule is COc1ccc([N+](=O)[O-])cc1OC(=O)CCCOc1cccc(C)c1. The number of nitro benzene ring substituents is 1. The Kier molecular flexibility index (Phi) is 6.33. The third-order valence-electron chi connectivity index (χ3n) is 3.37. The largest absolute Gasteiger partial charge is 0.494 e. The van der Waals surface area contributed by atoms with E-state index >= 15 is 0 Å². The Morgan fingerprint density at radius 2 is 1.96 bits per heavy atom. The highest BCUT2D eigenvalue weighted by Gasteiger charge is 2.15. The summed E-state index contributed by atoms with van der Waals surface area (Å²) in [4.78, 5) is 22.2. The van der Waals surface area contributed by atoms with E-state index in [4.69, 9.17) is 14.2 Å². The average molecular weight is 345 g/mol. The summed E-state index contributed by atoms with van der Waals surface area (Å²) < 4.78 is 15.8. The molecule has 7 nitrogen and oxygen atoms in total. The van der Waals surface area contributed by atoms with Gasteiger partial charge in [-0.3, -0.25) is 14.9 Å².